The van der Waals surface area contributed by atoms with E-state index in [-0.39, 0.29) is 17.3 Å². The number of rotatable bonds is 5. The van der Waals surface area contributed by atoms with Gasteiger partial charge in [0.25, 0.3) is 0 Å². The monoisotopic (exact) mass is 309 g/mol. The van der Waals surface area contributed by atoms with Crippen LogP contribution in [0.2, 0.25) is 5.02 Å². The molecule has 2 aromatic carbocycles. The zero-order chi connectivity index (χ0) is 14.4. The van der Waals surface area contributed by atoms with Gasteiger partial charge in [-0.1, -0.05) is 35.9 Å². The van der Waals surface area contributed by atoms with E-state index in [1.807, 2.05) is 24.3 Å². The number of halogens is 2. The molecule has 20 heavy (non-hydrogen) atoms. The van der Waals surface area contributed by atoms with Gasteiger partial charge in [-0.15, -0.1) is 11.8 Å². The Morgan fingerprint density at radius 3 is 2.55 bits per heavy atom. The number of para-hydroxylation sites is 1. The van der Waals surface area contributed by atoms with Gasteiger partial charge >= 0.3 is 0 Å². The second-order valence-electron chi connectivity index (χ2n) is 4.15. The highest BCUT2D eigenvalue weighted by molar-refractivity contribution is 7.99. The molecular formula is C15H13ClFNOS. The second kappa shape index (κ2) is 7.31. The lowest BCUT2D eigenvalue weighted by atomic mass is 10.2. The maximum absolute atomic E-state index is 13.3. The molecule has 0 atom stereocenters. The van der Waals surface area contributed by atoms with E-state index >= 15 is 0 Å². The summed E-state index contributed by atoms with van der Waals surface area (Å²) in [5, 5.41) is 3.24. The van der Waals surface area contributed by atoms with E-state index in [1.165, 1.54) is 23.9 Å². The molecule has 0 aliphatic carbocycles. The molecular weight excluding hydrogens is 297 g/mol. The molecule has 2 aromatic rings. The molecule has 0 unspecified atom stereocenters. The second-order valence-corrected chi connectivity index (χ2v) is 5.57. The number of carbonyl (C=O) groups excluding carboxylic acids is 1. The summed E-state index contributed by atoms with van der Waals surface area (Å²) < 4.78 is 13.3. The molecule has 1 N–H and O–H groups in total. The van der Waals surface area contributed by atoms with Crippen LogP contribution < -0.4 is 5.32 Å². The summed E-state index contributed by atoms with van der Waals surface area (Å²) in [6.07, 6.45) is 0. The first-order valence-electron chi connectivity index (χ1n) is 6.02. The van der Waals surface area contributed by atoms with Gasteiger partial charge in [-0.3, -0.25) is 4.79 Å². The quantitative estimate of drug-likeness (QED) is 0.889. The number of benzene rings is 2. The Balaban J connectivity index is 1.78. The van der Waals surface area contributed by atoms with E-state index in [9.17, 15) is 9.18 Å². The highest BCUT2D eigenvalue weighted by atomic mass is 35.5. The molecule has 104 valence electrons. The lowest BCUT2D eigenvalue weighted by molar-refractivity contribution is -0.113. The fourth-order valence-corrected chi connectivity index (χ4v) is 2.50. The molecule has 0 aromatic heterocycles. The minimum Gasteiger partial charge on any atom is -0.323 e. The van der Waals surface area contributed by atoms with Crippen molar-refractivity contribution in [2.75, 3.05) is 11.1 Å². The standard InChI is InChI=1S/C15H13ClFNOS/c16-12-7-5-11(6-8-12)9-20-10-15(19)18-14-4-2-1-3-13(14)17/h1-8H,9-10H2,(H,18,19). The first-order valence-corrected chi connectivity index (χ1v) is 7.55. The van der Waals surface area contributed by atoms with Crippen LogP contribution >= 0.6 is 23.4 Å². The molecule has 5 heteroatoms. The van der Waals surface area contributed by atoms with Crippen molar-refractivity contribution in [3.63, 3.8) is 0 Å². The average molecular weight is 310 g/mol. The van der Waals surface area contributed by atoms with E-state index in [0.717, 1.165) is 5.56 Å². The van der Waals surface area contributed by atoms with Crippen molar-refractivity contribution in [3.05, 3.63) is 64.9 Å². The Kier molecular flexibility index (Phi) is 5.44. The van der Waals surface area contributed by atoms with Gasteiger partial charge in [0.1, 0.15) is 5.82 Å². The summed E-state index contributed by atoms with van der Waals surface area (Å²) in [7, 11) is 0. The van der Waals surface area contributed by atoms with Crippen molar-refractivity contribution in [3.8, 4) is 0 Å². The van der Waals surface area contributed by atoms with Crippen LogP contribution in [-0.2, 0) is 10.5 Å². The fourth-order valence-electron chi connectivity index (χ4n) is 1.59. The topological polar surface area (TPSA) is 29.1 Å². The summed E-state index contributed by atoms with van der Waals surface area (Å²) >= 11 is 7.26. The Labute approximate surface area is 126 Å². The molecule has 2 nitrogen and oxygen atoms in total. The molecule has 0 spiro atoms. The van der Waals surface area contributed by atoms with Gasteiger partial charge < -0.3 is 5.32 Å². The van der Waals surface area contributed by atoms with Gasteiger partial charge in [0.15, 0.2) is 0 Å². The number of nitrogens with one attached hydrogen (secondary N) is 1. The lowest BCUT2D eigenvalue weighted by Crippen LogP contribution is -2.15. The first kappa shape index (κ1) is 14.9. The van der Waals surface area contributed by atoms with Crippen LogP contribution in [0.3, 0.4) is 0 Å². The summed E-state index contributed by atoms with van der Waals surface area (Å²) in [6, 6.07) is 13.6. The predicted molar refractivity (Wildman–Crippen MR) is 82.6 cm³/mol. The van der Waals surface area contributed by atoms with Gasteiger partial charge in [-0.05, 0) is 29.8 Å². The van der Waals surface area contributed by atoms with Crippen molar-refractivity contribution < 1.29 is 9.18 Å². The summed E-state index contributed by atoms with van der Waals surface area (Å²) in [5.41, 5.74) is 1.31. The van der Waals surface area contributed by atoms with Crippen LogP contribution in [0.25, 0.3) is 0 Å². The Morgan fingerprint density at radius 2 is 1.85 bits per heavy atom. The SMILES string of the molecule is O=C(CSCc1ccc(Cl)cc1)Nc1ccccc1F. The first-order chi connectivity index (χ1) is 9.65. The normalized spacial score (nSPS) is 10.3. The number of amides is 1. The number of hydrogen-bond acceptors (Lipinski definition) is 2. The van der Waals surface area contributed by atoms with Crippen LogP contribution in [0.15, 0.2) is 48.5 Å². The summed E-state index contributed by atoms with van der Waals surface area (Å²) in [5.74, 6) is 0.344. The predicted octanol–water partition coefficient (Wildman–Crippen LogP) is 4.35. The number of hydrogen-bond donors (Lipinski definition) is 1. The van der Waals surface area contributed by atoms with E-state index in [1.54, 1.807) is 12.1 Å². The van der Waals surface area contributed by atoms with Crippen LogP contribution in [0.5, 0.6) is 0 Å². The van der Waals surface area contributed by atoms with Crippen molar-refractivity contribution in [1.82, 2.24) is 0 Å². The van der Waals surface area contributed by atoms with Gasteiger partial charge in [0.05, 0.1) is 11.4 Å². The average Bonchev–Trinajstić information content (AvgIpc) is 2.44. The van der Waals surface area contributed by atoms with E-state index in [0.29, 0.717) is 10.8 Å². The zero-order valence-electron chi connectivity index (χ0n) is 10.6. The zero-order valence-corrected chi connectivity index (χ0v) is 12.2. The van der Waals surface area contributed by atoms with Crippen molar-refractivity contribution >= 4 is 35.0 Å². The Bertz CT molecular complexity index is 589. The number of thioether (sulfide) groups is 1. The minimum absolute atomic E-state index is 0.213. The van der Waals surface area contributed by atoms with Gasteiger partial charge in [0, 0.05) is 10.8 Å². The number of anilines is 1. The molecule has 0 saturated carbocycles. The van der Waals surface area contributed by atoms with E-state index < -0.39 is 5.82 Å². The van der Waals surface area contributed by atoms with Crippen LogP contribution in [0.1, 0.15) is 5.56 Å². The Hall–Kier alpha value is -1.52. The van der Waals surface area contributed by atoms with E-state index in [4.69, 9.17) is 11.6 Å². The highest BCUT2D eigenvalue weighted by Gasteiger charge is 2.06. The summed E-state index contributed by atoms with van der Waals surface area (Å²) in [4.78, 5) is 11.7. The molecule has 0 saturated heterocycles. The molecule has 0 fully saturated rings. The maximum Gasteiger partial charge on any atom is 0.234 e. The molecule has 0 aliphatic rings. The van der Waals surface area contributed by atoms with Crippen molar-refractivity contribution in [2.45, 2.75) is 5.75 Å². The van der Waals surface area contributed by atoms with Crippen molar-refractivity contribution in [2.24, 2.45) is 0 Å². The molecule has 2 rings (SSSR count). The van der Waals surface area contributed by atoms with Gasteiger partial charge in [-0.25, -0.2) is 4.39 Å². The molecule has 0 heterocycles. The van der Waals surface area contributed by atoms with Crippen LogP contribution in [0.4, 0.5) is 10.1 Å². The van der Waals surface area contributed by atoms with Crippen LogP contribution in [0, 0.1) is 5.82 Å². The molecule has 0 aliphatic heterocycles. The summed E-state index contributed by atoms with van der Waals surface area (Å²) in [6.45, 7) is 0. The minimum atomic E-state index is -0.427. The lowest BCUT2D eigenvalue weighted by Gasteiger charge is -2.06. The van der Waals surface area contributed by atoms with Gasteiger partial charge in [-0.2, -0.15) is 0 Å². The third-order valence-electron chi connectivity index (χ3n) is 2.56. The highest BCUT2D eigenvalue weighted by Crippen LogP contribution is 2.17. The third-order valence-corrected chi connectivity index (χ3v) is 3.82. The molecule has 1 amide bonds. The smallest absolute Gasteiger partial charge is 0.234 e. The van der Waals surface area contributed by atoms with Crippen molar-refractivity contribution in [1.29, 1.82) is 0 Å². The molecule has 0 radical (unpaired) electrons. The Morgan fingerprint density at radius 1 is 1.15 bits per heavy atom. The van der Waals surface area contributed by atoms with E-state index in [2.05, 4.69) is 5.32 Å². The molecule has 0 bridgehead atoms. The van der Waals surface area contributed by atoms with Crippen LogP contribution in [-0.4, -0.2) is 11.7 Å². The largest absolute Gasteiger partial charge is 0.323 e. The third kappa shape index (κ3) is 4.54. The number of carbonyl (C=O) groups is 1. The fraction of sp³-hybridized carbons (Fsp3) is 0.133. The van der Waals surface area contributed by atoms with Gasteiger partial charge in [0.2, 0.25) is 5.91 Å². The maximum atomic E-state index is 13.3.